The van der Waals surface area contributed by atoms with E-state index in [9.17, 15) is 4.79 Å². The first-order valence-electron chi connectivity index (χ1n) is 13.1. The topological polar surface area (TPSA) is 86.0 Å². The third-order valence-corrected chi connectivity index (χ3v) is 7.12. The van der Waals surface area contributed by atoms with Crippen LogP contribution in [0.5, 0.6) is 5.75 Å². The van der Waals surface area contributed by atoms with Crippen LogP contribution in [-0.4, -0.2) is 40.1 Å². The Kier molecular flexibility index (Phi) is 6.56. The Morgan fingerprint density at radius 1 is 1.08 bits per heavy atom. The molecule has 1 amide bonds. The molecule has 0 saturated heterocycles. The average molecular weight is 506 g/mol. The van der Waals surface area contributed by atoms with Gasteiger partial charge < -0.3 is 24.9 Å². The zero-order chi connectivity index (χ0) is 25.9. The number of carbonyl (C=O) groups excluding carboxylic acids is 1. The number of H-pyrrole nitrogens is 2. The first-order chi connectivity index (χ1) is 18.7. The molecule has 1 aliphatic heterocycles. The maximum Gasteiger partial charge on any atom is 0.258 e. The number of anilines is 2. The van der Waals surface area contributed by atoms with Crippen molar-refractivity contribution in [3.8, 4) is 16.9 Å². The first kappa shape index (κ1) is 23.9. The van der Waals surface area contributed by atoms with E-state index in [1.165, 1.54) is 0 Å². The van der Waals surface area contributed by atoms with Gasteiger partial charge in [0, 0.05) is 47.3 Å². The minimum absolute atomic E-state index is 0.0247. The molecule has 6 rings (SSSR count). The zero-order valence-corrected chi connectivity index (χ0v) is 21.4. The van der Waals surface area contributed by atoms with Crippen LogP contribution in [0.3, 0.4) is 0 Å². The summed E-state index contributed by atoms with van der Waals surface area (Å²) in [5, 5.41) is 4.67. The summed E-state index contributed by atoms with van der Waals surface area (Å²) < 4.78 is 6.35. The SMILES string of the molecule is CC1CCN(C(=O)c2ccc(-c3ccc4[nH]ccc4c3)c(OCCCc3cnc[nH]3)c2)c2ccccc2N1. The number of nitrogens with zero attached hydrogens (tertiary/aromatic N) is 2. The van der Waals surface area contributed by atoms with E-state index in [0.717, 1.165) is 58.4 Å². The van der Waals surface area contributed by atoms with Crippen molar-refractivity contribution in [2.75, 3.05) is 23.4 Å². The molecule has 2 aromatic heterocycles. The van der Waals surface area contributed by atoms with Crippen molar-refractivity contribution < 1.29 is 9.53 Å². The molecular weight excluding hydrogens is 474 g/mol. The molecule has 0 fully saturated rings. The van der Waals surface area contributed by atoms with Crippen molar-refractivity contribution >= 4 is 28.2 Å². The second-order valence-corrected chi connectivity index (χ2v) is 9.83. The van der Waals surface area contributed by atoms with Crippen molar-refractivity contribution in [2.24, 2.45) is 0 Å². The van der Waals surface area contributed by atoms with Crippen molar-refractivity contribution in [3.63, 3.8) is 0 Å². The maximum absolute atomic E-state index is 13.9. The standard InChI is InChI=1S/C31H31N5O2/c1-21-13-15-36(29-7-3-2-6-28(29)35-21)31(37)24-8-10-26(22-9-11-27-23(17-22)12-14-33-27)30(18-24)38-16-4-5-25-19-32-20-34-25/h2-3,6-12,14,17-21,33,35H,4-5,13,15-16H2,1H3,(H,32,34). The van der Waals surface area contributed by atoms with Crippen LogP contribution in [-0.2, 0) is 6.42 Å². The third kappa shape index (κ3) is 4.87. The Morgan fingerprint density at radius 2 is 2.00 bits per heavy atom. The normalized spacial score (nSPS) is 15.1. The van der Waals surface area contributed by atoms with E-state index >= 15 is 0 Å². The van der Waals surface area contributed by atoms with E-state index in [4.69, 9.17) is 4.74 Å². The Bertz CT molecular complexity index is 1560. The molecule has 0 saturated carbocycles. The molecule has 0 spiro atoms. The van der Waals surface area contributed by atoms with Crippen molar-refractivity contribution in [3.05, 3.63) is 96.7 Å². The lowest BCUT2D eigenvalue weighted by Crippen LogP contribution is -2.32. The van der Waals surface area contributed by atoms with Gasteiger partial charge in [0.05, 0.1) is 24.3 Å². The number of hydrogen-bond acceptors (Lipinski definition) is 4. The summed E-state index contributed by atoms with van der Waals surface area (Å²) in [7, 11) is 0. The first-order valence-corrected chi connectivity index (χ1v) is 13.1. The number of amides is 1. The summed E-state index contributed by atoms with van der Waals surface area (Å²) in [6, 6.07) is 22.5. The molecule has 192 valence electrons. The molecule has 5 aromatic rings. The van der Waals surface area contributed by atoms with Gasteiger partial charge in [-0.15, -0.1) is 0 Å². The Balaban J connectivity index is 1.31. The quantitative estimate of drug-likeness (QED) is 0.223. The van der Waals surface area contributed by atoms with Crippen molar-refractivity contribution in [2.45, 2.75) is 32.2 Å². The fourth-order valence-corrected chi connectivity index (χ4v) is 5.08. The number of nitrogens with one attached hydrogen (secondary N) is 3. The van der Waals surface area contributed by atoms with Gasteiger partial charge in [0.15, 0.2) is 0 Å². The molecule has 0 aliphatic carbocycles. The fourth-order valence-electron chi connectivity index (χ4n) is 5.08. The molecule has 1 aliphatic rings. The maximum atomic E-state index is 13.9. The van der Waals surface area contributed by atoms with Crippen molar-refractivity contribution in [1.29, 1.82) is 0 Å². The minimum atomic E-state index is -0.0247. The van der Waals surface area contributed by atoms with Crippen LogP contribution < -0.4 is 15.0 Å². The minimum Gasteiger partial charge on any atom is -0.493 e. The molecule has 0 radical (unpaired) electrons. The van der Waals surface area contributed by atoms with Crippen LogP contribution in [0.2, 0.25) is 0 Å². The van der Waals surface area contributed by atoms with E-state index in [1.807, 2.05) is 59.8 Å². The second kappa shape index (κ2) is 10.5. The highest BCUT2D eigenvalue weighted by Crippen LogP contribution is 2.35. The summed E-state index contributed by atoms with van der Waals surface area (Å²) in [6.45, 7) is 3.33. The summed E-state index contributed by atoms with van der Waals surface area (Å²) >= 11 is 0. The number of aryl methyl sites for hydroxylation is 1. The van der Waals surface area contributed by atoms with Gasteiger partial charge in [-0.25, -0.2) is 4.98 Å². The summed E-state index contributed by atoms with van der Waals surface area (Å²) in [5.41, 5.74) is 6.70. The fraction of sp³-hybridized carbons (Fsp3) is 0.226. The number of imidazole rings is 1. The number of para-hydroxylation sites is 2. The Labute approximate surface area is 221 Å². The molecule has 3 heterocycles. The molecule has 0 bridgehead atoms. The predicted octanol–water partition coefficient (Wildman–Crippen LogP) is 6.42. The molecule has 1 atom stereocenters. The van der Waals surface area contributed by atoms with Crippen LogP contribution in [0.15, 0.2) is 85.5 Å². The van der Waals surface area contributed by atoms with E-state index in [-0.39, 0.29) is 11.9 Å². The van der Waals surface area contributed by atoms with Crippen LogP contribution in [0.4, 0.5) is 11.4 Å². The number of ether oxygens (including phenoxy) is 1. The van der Waals surface area contributed by atoms with Gasteiger partial charge in [-0.1, -0.05) is 18.2 Å². The number of benzene rings is 3. The van der Waals surface area contributed by atoms with Gasteiger partial charge in [-0.05, 0) is 85.7 Å². The van der Waals surface area contributed by atoms with Crippen molar-refractivity contribution in [1.82, 2.24) is 15.0 Å². The largest absolute Gasteiger partial charge is 0.493 e. The molecule has 3 N–H and O–H groups in total. The smallest absolute Gasteiger partial charge is 0.258 e. The number of aromatic amines is 2. The van der Waals surface area contributed by atoms with Crippen LogP contribution in [0.1, 0.15) is 35.8 Å². The monoisotopic (exact) mass is 505 g/mol. The highest BCUT2D eigenvalue weighted by Gasteiger charge is 2.25. The second-order valence-electron chi connectivity index (χ2n) is 9.83. The van der Waals surface area contributed by atoms with Crippen LogP contribution in [0.25, 0.3) is 22.0 Å². The number of carbonyl (C=O) groups is 1. The van der Waals surface area contributed by atoms with E-state index in [0.29, 0.717) is 24.5 Å². The van der Waals surface area contributed by atoms with Gasteiger partial charge >= 0.3 is 0 Å². The Morgan fingerprint density at radius 3 is 2.89 bits per heavy atom. The molecule has 1 unspecified atom stereocenters. The lowest BCUT2D eigenvalue weighted by molar-refractivity contribution is 0.0986. The van der Waals surface area contributed by atoms with Crippen LogP contribution >= 0.6 is 0 Å². The molecule has 7 heteroatoms. The average Bonchev–Trinajstić information content (AvgIpc) is 3.60. The summed E-state index contributed by atoms with van der Waals surface area (Å²) in [6.07, 6.45) is 8.02. The lowest BCUT2D eigenvalue weighted by atomic mass is 10.0. The third-order valence-electron chi connectivity index (χ3n) is 7.12. The number of fused-ring (bicyclic) bond motifs is 2. The number of aromatic nitrogens is 3. The highest BCUT2D eigenvalue weighted by molar-refractivity contribution is 6.08. The van der Waals surface area contributed by atoms with E-state index in [1.54, 1.807) is 6.33 Å². The van der Waals surface area contributed by atoms with Gasteiger partial charge in [0.2, 0.25) is 0 Å². The van der Waals surface area contributed by atoms with Gasteiger partial charge in [-0.3, -0.25) is 4.79 Å². The molecule has 3 aromatic carbocycles. The zero-order valence-electron chi connectivity index (χ0n) is 21.4. The molecular formula is C31H31N5O2. The van der Waals surface area contributed by atoms with E-state index in [2.05, 4.69) is 51.5 Å². The summed E-state index contributed by atoms with van der Waals surface area (Å²) in [4.78, 5) is 26.2. The van der Waals surface area contributed by atoms with Gasteiger partial charge in [-0.2, -0.15) is 0 Å². The number of hydrogen-bond donors (Lipinski definition) is 3. The predicted molar refractivity (Wildman–Crippen MR) is 152 cm³/mol. The number of rotatable bonds is 7. The van der Waals surface area contributed by atoms with Gasteiger partial charge in [0.1, 0.15) is 5.75 Å². The molecule has 7 nitrogen and oxygen atoms in total. The lowest BCUT2D eigenvalue weighted by Gasteiger charge is -2.23. The Hall–Kier alpha value is -4.52. The summed E-state index contributed by atoms with van der Waals surface area (Å²) in [5.74, 6) is 0.688. The van der Waals surface area contributed by atoms with Crippen LogP contribution in [0, 0.1) is 0 Å². The molecule has 38 heavy (non-hydrogen) atoms. The highest BCUT2D eigenvalue weighted by atomic mass is 16.5. The van der Waals surface area contributed by atoms with E-state index < -0.39 is 0 Å². The van der Waals surface area contributed by atoms with Gasteiger partial charge in [0.25, 0.3) is 5.91 Å².